The molecule has 1 heterocycles. The van der Waals surface area contributed by atoms with Crippen molar-refractivity contribution in [2.24, 2.45) is 0 Å². The fourth-order valence-corrected chi connectivity index (χ4v) is 1.24. The van der Waals surface area contributed by atoms with Crippen LogP contribution in [0.1, 0.15) is 6.92 Å². The quantitative estimate of drug-likeness (QED) is 0.742. The molecule has 1 aromatic heterocycles. The Kier molecular flexibility index (Phi) is 3.96. The number of anilines is 1. The first-order chi connectivity index (χ1) is 5.83. The summed E-state index contributed by atoms with van der Waals surface area (Å²) in [6.07, 6.45) is 0. The van der Waals surface area contributed by atoms with Crippen molar-refractivity contribution in [3.63, 3.8) is 0 Å². The molecule has 0 radical (unpaired) electrons. The van der Waals surface area contributed by atoms with E-state index in [0.717, 1.165) is 24.8 Å². The SMILES string of the molecule is CCN(C)CCNc1nncs1. The largest absolute Gasteiger partial charge is 0.359 e. The molecule has 0 atom stereocenters. The molecule has 0 spiro atoms. The van der Waals surface area contributed by atoms with E-state index in [0.29, 0.717) is 0 Å². The maximum atomic E-state index is 3.88. The van der Waals surface area contributed by atoms with Gasteiger partial charge in [0, 0.05) is 13.1 Å². The second-order valence-electron chi connectivity index (χ2n) is 2.57. The summed E-state index contributed by atoms with van der Waals surface area (Å²) >= 11 is 1.53. The van der Waals surface area contributed by atoms with Crippen molar-refractivity contribution >= 4 is 16.5 Å². The second-order valence-corrected chi connectivity index (χ2v) is 3.40. The predicted molar refractivity (Wildman–Crippen MR) is 51.6 cm³/mol. The number of hydrogen-bond donors (Lipinski definition) is 1. The van der Waals surface area contributed by atoms with E-state index in [9.17, 15) is 0 Å². The minimum Gasteiger partial charge on any atom is -0.359 e. The van der Waals surface area contributed by atoms with Crippen LogP contribution in [0.15, 0.2) is 5.51 Å². The third kappa shape index (κ3) is 3.15. The maximum Gasteiger partial charge on any atom is 0.205 e. The van der Waals surface area contributed by atoms with Crippen molar-refractivity contribution in [1.82, 2.24) is 15.1 Å². The van der Waals surface area contributed by atoms with E-state index in [2.05, 4.69) is 34.4 Å². The van der Waals surface area contributed by atoms with Crippen LogP contribution in [0.25, 0.3) is 0 Å². The molecule has 0 saturated heterocycles. The van der Waals surface area contributed by atoms with Gasteiger partial charge in [-0.15, -0.1) is 10.2 Å². The molecule has 0 saturated carbocycles. The summed E-state index contributed by atoms with van der Waals surface area (Å²) in [4.78, 5) is 2.24. The Hall–Kier alpha value is -0.680. The summed E-state index contributed by atoms with van der Waals surface area (Å²) in [5.41, 5.74) is 1.73. The Morgan fingerprint density at radius 2 is 2.50 bits per heavy atom. The van der Waals surface area contributed by atoms with Gasteiger partial charge in [-0.2, -0.15) is 0 Å². The maximum absolute atomic E-state index is 3.88. The second kappa shape index (κ2) is 5.05. The van der Waals surface area contributed by atoms with Crippen LogP contribution < -0.4 is 5.32 Å². The van der Waals surface area contributed by atoms with Crippen LogP contribution >= 0.6 is 11.3 Å². The number of rotatable bonds is 5. The van der Waals surface area contributed by atoms with Crippen LogP contribution in [0.3, 0.4) is 0 Å². The highest BCUT2D eigenvalue weighted by molar-refractivity contribution is 7.13. The van der Waals surface area contributed by atoms with Crippen molar-refractivity contribution < 1.29 is 0 Å². The van der Waals surface area contributed by atoms with Gasteiger partial charge >= 0.3 is 0 Å². The summed E-state index contributed by atoms with van der Waals surface area (Å²) in [6.45, 7) is 5.19. The fourth-order valence-electron chi connectivity index (χ4n) is 0.762. The first kappa shape index (κ1) is 9.41. The van der Waals surface area contributed by atoms with Crippen molar-refractivity contribution in [2.75, 3.05) is 32.0 Å². The van der Waals surface area contributed by atoms with Gasteiger partial charge in [0.05, 0.1) is 0 Å². The highest BCUT2D eigenvalue weighted by Gasteiger charge is 1.96. The summed E-state index contributed by atoms with van der Waals surface area (Å²) in [6, 6.07) is 0. The third-order valence-corrected chi connectivity index (χ3v) is 2.32. The van der Waals surface area contributed by atoms with Crippen molar-refractivity contribution in [3.8, 4) is 0 Å². The Morgan fingerprint density at radius 1 is 1.67 bits per heavy atom. The van der Waals surface area contributed by atoms with E-state index in [-0.39, 0.29) is 0 Å². The van der Waals surface area contributed by atoms with E-state index in [1.807, 2.05) is 0 Å². The molecule has 5 heteroatoms. The van der Waals surface area contributed by atoms with E-state index >= 15 is 0 Å². The van der Waals surface area contributed by atoms with E-state index in [4.69, 9.17) is 0 Å². The monoisotopic (exact) mass is 186 g/mol. The van der Waals surface area contributed by atoms with Crippen molar-refractivity contribution in [1.29, 1.82) is 0 Å². The van der Waals surface area contributed by atoms with Gasteiger partial charge in [-0.25, -0.2) is 0 Å². The van der Waals surface area contributed by atoms with Crippen LogP contribution in [0.2, 0.25) is 0 Å². The predicted octanol–water partition coefficient (Wildman–Crippen LogP) is 0.902. The highest BCUT2D eigenvalue weighted by atomic mass is 32.1. The van der Waals surface area contributed by atoms with Crippen LogP contribution in [0.5, 0.6) is 0 Å². The van der Waals surface area contributed by atoms with Crippen LogP contribution in [0, 0.1) is 0 Å². The zero-order chi connectivity index (χ0) is 8.81. The lowest BCUT2D eigenvalue weighted by atomic mass is 10.5. The molecule has 1 rings (SSSR count). The lowest BCUT2D eigenvalue weighted by Crippen LogP contribution is -2.24. The first-order valence-electron chi connectivity index (χ1n) is 4.01. The Labute approximate surface area is 76.6 Å². The van der Waals surface area contributed by atoms with E-state index in [1.165, 1.54) is 11.3 Å². The first-order valence-corrected chi connectivity index (χ1v) is 4.89. The molecule has 68 valence electrons. The molecule has 0 aromatic carbocycles. The molecule has 0 aliphatic carbocycles. The fraction of sp³-hybridized carbons (Fsp3) is 0.714. The normalized spacial score (nSPS) is 10.6. The van der Waals surface area contributed by atoms with Crippen molar-refractivity contribution in [2.45, 2.75) is 6.92 Å². The molecule has 12 heavy (non-hydrogen) atoms. The number of hydrogen-bond acceptors (Lipinski definition) is 5. The highest BCUT2D eigenvalue weighted by Crippen LogP contribution is 2.06. The van der Waals surface area contributed by atoms with Crippen LogP contribution in [-0.4, -0.2) is 41.8 Å². The molecular weight excluding hydrogens is 172 g/mol. The van der Waals surface area contributed by atoms with Gasteiger partial charge in [0.2, 0.25) is 5.13 Å². The summed E-state index contributed by atoms with van der Waals surface area (Å²) < 4.78 is 0. The minimum atomic E-state index is 0.902. The molecule has 0 unspecified atom stereocenters. The van der Waals surface area contributed by atoms with Gasteiger partial charge < -0.3 is 10.2 Å². The lowest BCUT2D eigenvalue weighted by Gasteiger charge is -2.12. The number of nitrogens with zero attached hydrogens (tertiary/aromatic N) is 3. The van der Waals surface area contributed by atoms with Gasteiger partial charge in [0.15, 0.2) is 0 Å². The molecule has 1 N–H and O–H groups in total. The Bertz CT molecular complexity index is 199. The zero-order valence-corrected chi connectivity index (χ0v) is 8.27. The number of aromatic nitrogens is 2. The number of nitrogens with one attached hydrogen (secondary N) is 1. The molecule has 0 aliphatic rings. The molecule has 0 amide bonds. The van der Waals surface area contributed by atoms with E-state index in [1.54, 1.807) is 5.51 Å². The topological polar surface area (TPSA) is 41.0 Å². The summed E-state index contributed by atoms with van der Waals surface area (Å²) in [5, 5.41) is 11.7. The van der Waals surface area contributed by atoms with E-state index < -0.39 is 0 Å². The molecule has 0 fully saturated rings. The zero-order valence-electron chi connectivity index (χ0n) is 7.45. The summed E-state index contributed by atoms with van der Waals surface area (Å²) in [7, 11) is 2.10. The van der Waals surface area contributed by atoms with Gasteiger partial charge in [0.1, 0.15) is 5.51 Å². The van der Waals surface area contributed by atoms with Gasteiger partial charge in [0.25, 0.3) is 0 Å². The molecular formula is C7H14N4S. The minimum absolute atomic E-state index is 0.902. The van der Waals surface area contributed by atoms with Crippen LogP contribution in [0.4, 0.5) is 5.13 Å². The van der Waals surface area contributed by atoms with Crippen molar-refractivity contribution in [3.05, 3.63) is 5.51 Å². The van der Waals surface area contributed by atoms with Gasteiger partial charge in [-0.3, -0.25) is 0 Å². The molecule has 1 aromatic rings. The Balaban J connectivity index is 2.11. The molecule has 4 nitrogen and oxygen atoms in total. The Morgan fingerprint density at radius 3 is 3.08 bits per heavy atom. The lowest BCUT2D eigenvalue weighted by molar-refractivity contribution is 0.367. The average molecular weight is 186 g/mol. The number of likely N-dealkylation sites (N-methyl/N-ethyl adjacent to an activating group) is 1. The van der Waals surface area contributed by atoms with Gasteiger partial charge in [-0.05, 0) is 13.6 Å². The smallest absolute Gasteiger partial charge is 0.205 e. The average Bonchev–Trinajstić information content (AvgIpc) is 2.57. The summed E-state index contributed by atoms with van der Waals surface area (Å²) in [5.74, 6) is 0. The van der Waals surface area contributed by atoms with Crippen LogP contribution in [-0.2, 0) is 0 Å². The molecule has 0 aliphatic heterocycles. The van der Waals surface area contributed by atoms with Gasteiger partial charge in [-0.1, -0.05) is 18.3 Å². The standard InChI is InChI=1S/C7H14N4S/c1-3-11(2)5-4-8-7-10-9-6-12-7/h6H,3-5H2,1-2H3,(H,8,10). The third-order valence-electron chi connectivity index (χ3n) is 1.67. The molecule has 0 bridgehead atoms.